The quantitative estimate of drug-likeness (QED) is 0.172. The number of phenolic OH excluding ortho intramolecular Hbond substituents is 1. The molecule has 4 aromatic rings. The molecule has 8 aliphatic rings. The molecule has 1 spiro atoms. The fourth-order valence-corrected chi connectivity index (χ4v) is 12.7. The van der Waals surface area contributed by atoms with Gasteiger partial charge in [0.15, 0.2) is 28.5 Å². The van der Waals surface area contributed by atoms with Gasteiger partial charge in [0.05, 0.1) is 36.2 Å². The van der Waals surface area contributed by atoms with Gasteiger partial charge in [0.25, 0.3) is 0 Å². The molecule has 1 aromatic heterocycles. The van der Waals surface area contributed by atoms with Gasteiger partial charge in [0.1, 0.15) is 17.9 Å². The van der Waals surface area contributed by atoms with Crippen LogP contribution in [0.4, 0.5) is 0 Å². The van der Waals surface area contributed by atoms with Crippen LogP contribution >= 0.6 is 11.8 Å². The highest BCUT2D eigenvalue weighted by atomic mass is 32.2. The Bertz CT molecular complexity index is 2460. The van der Waals surface area contributed by atoms with Crippen LogP contribution in [0.3, 0.4) is 0 Å². The van der Waals surface area contributed by atoms with Gasteiger partial charge in [-0.2, -0.15) is 5.26 Å². The number of ether oxygens (including phenoxy) is 5. The molecule has 2 unspecified atom stereocenters. The summed E-state index contributed by atoms with van der Waals surface area (Å²) in [4.78, 5) is 36.1. The first-order chi connectivity index (χ1) is 27.5. The summed E-state index contributed by atoms with van der Waals surface area (Å²) in [5, 5.41) is 27.8. The third-order valence-corrected chi connectivity index (χ3v) is 14.6. The van der Waals surface area contributed by atoms with E-state index in [4.69, 9.17) is 29.4 Å². The van der Waals surface area contributed by atoms with E-state index in [9.17, 15) is 15.2 Å². The van der Waals surface area contributed by atoms with E-state index in [2.05, 4.69) is 32.2 Å². The molecule has 8 aliphatic heterocycles. The number of nitrogens with one attached hydrogen (secondary N) is 2. The van der Waals surface area contributed by atoms with Gasteiger partial charge in [-0.25, -0.2) is 4.79 Å². The van der Waals surface area contributed by atoms with E-state index in [1.165, 1.54) is 18.7 Å². The number of hydrogen-bond acceptors (Lipinski definition) is 14. The molecule has 9 heterocycles. The van der Waals surface area contributed by atoms with E-state index in [0.29, 0.717) is 58.2 Å². The molecule has 0 aliphatic carbocycles. The summed E-state index contributed by atoms with van der Waals surface area (Å²) in [6, 6.07) is 10.8. The molecule has 57 heavy (non-hydrogen) atoms. The second-order valence-corrected chi connectivity index (χ2v) is 17.4. The molecule has 0 radical (unpaired) electrons. The summed E-state index contributed by atoms with van der Waals surface area (Å²) in [6.07, 6.45) is 0.908. The summed E-state index contributed by atoms with van der Waals surface area (Å²) >= 11 is 1.53. The number of piperazine rings is 1. The Labute approximate surface area is 333 Å². The van der Waals surface area contributed by atoms with Crippen molar-refractivity contribution >= 4 is 34.6 Å². The zero-order valence-corrected chi connectivity index (χ0v) is 33.2. The topological polar surface area (TPSA) is 185 Å². The molecule has 12 rings (SSSR count). The highest BCUT2D eigenvalue weighted by Gasteiger charge is 2.64. The number of hydrogen-bond donors (Lipinski definition) is 4. The van der Waals surface area contributed by atoms with Crippen LogP contribution < -0.4 is 30.0 Å². The number of nitrogens with two attached hydrogens (primary N) is 1. The Balaban J connectivity index is 1.27. The van der Waals surface area contributed by atoms with Crippen molar-refractivity contribution in [3.8, 4) is 34.8 Å². The first-order valence-electron chi connectivity index (χ1n) is 19.3. The maximum absolute atomic E-state index is 15.1. The number of rotatable bonds is 3. The van der Waals surface area contributed by atoms with Gasteiger partial charge in [-0.05, 0) is 50.1 Å². The monoisotopic (exact) mass is 792 g/mol. The number of aromatic nitrogens is 1. The van der Waals surface area contributed by atoms with Crippen LogP contribution in [0.25, 0.3) is 10.9 Å². The molecular formula is C42H44N6O8S. The summed E-state index contributed by atoms with van der Waals surface area (Å²) in [7, 11) is 3.53. The number of carbonyl (C=O) groups is 2. The van der Waals surface area contributed by atoms with E-state index >= 15 is 4.79 Å². The lowest BCUT2D eigenvalue weighted by atomic mass is 9.76. The number of likely N-dealkylation sites (N-methyl/N-ethyl adjacent to an activating group) is 1. The van der Waals surface area contributed by atoms with Gasteiger partial charge in [-0.3, -0.25) is 19.9 Å². The van der Waals surface area contributed by atoms with Gasteiger partial charge in [0, 0.05) is 77.4 Å². The van der Waals surface area contributed by atoms with Gasteiger partial charge < -0.3 is 39.5 Å². The summed E-state index contributed by atoms with van der Waals surface area (Å²) in [6.45, 7) is 5.53. The van der Waals surface area contributed by atoms with E-state index < -0.39 is 46.4 Å². The number of fused-ring (bicyclic) bond motifs is 8. The van der Waals surface area contributed by atoms with Crippen LogP contribution in [-0.4, -0.2) is 95.9 Å². The number of aromatic hydroxyl groups is 1. The second-order valence-electron chi connectivity index (χ2n) is 16.2. The van der Waals surface area contributed by atoms with Crippen molar-refractivity contribution in [1.29, 1.82) is 5.26 Å². The molecule has 2 fully saturated rings. The lowest BCUT2D eigenvalue weighted by molar-refractivity contribution is -0.158. The number of nitrogens with zero attached hydrogens (tertiary/aromatic N) is 3. The number of carbonyl (C=O) groups excluding carboxylic acids is 2. The minimum atomic E-state index is -1.35. The number of esters is 2. The molecule has 0 amide bonds. The zero-order chi connectivity index (χ0) is 39.7. The number of methoxy groups -OCH3 is 1. The number of aryl methyl sites for hydroxylation is 1. The third kappa shape index (κ3) is 4.85. The number of benzene rings is 3. The van der Waals surface area contributed by atoms with Crippen LogP contribution in [0, 0.1) is 25.2 Å². The molecule has 14 nitrogen and oxygen atoms in total. The van der Waals surface area contributed by atoms with E-state index in [-0.39, 0.29) is 43.9 Å². The Morgan fingerprint density at radius 1 is 1.16 bits per heavy atom. The highest BCUT2D eigenvalue weighted by molar-refractivity contribution is 7.99. The van der Waals surface area contributed by atoms with Crippen molar-refractivity contribution in [1.82, 2.24) is 20.1 Å². The number of nitriles is 1. The first-order valence-corrected chi connectivity index (χ1v) is 20.3. The van der Waals surface area contributed by atoms with E-state index in [1.54, 1.807) is 7.11 Å². The number of phenols is 1. The van der Waals surface area contributed by atoms with Gasteiger partial charge >= 0.3 is 11.9 Å². The van der Waals surface area contributed by atoms with Crippen molar-refractivity contribution in [2.75, 3.05) is 46.4 Å². The summed E-state index contributed by atoms with van der Waals surface area (Å²) in [5.41, 5.74) is 10.8. The summed E-state index contributed by atoms with van der Waals surface area (Å²) < 4.78 is 30.9. The smallest absolute Gasteiger partial charge is 0.333 e. The third-order valence-electron chi connectivity index (χ3n) is 13.1. The molecule has 4 bridgehead atoms. The van der Waals surface area contributed by atoms with Crippen molar-refractivity contribution < 1.29 is 38.4 Å². The van der Waals surface area contributed by atoms with Crippen molar-refractivity contribution in [3.63, 3.8) is 0 Å². The Hall–Kier alpha value is -4.98. The van der Waals surface area contributed by atoms with Crippen molar-refractivity contribution in [3.05, 3.63) is 75.0 Å². The number of H-pyrrole nitrogens is 1. The Kier molecular flexibility index (Phi) is 8.14. The maximum atomic E-state index is 15.1. The summed E-state index contributed by atoms with van der Waals surface area (Å²) in [5.74, 6) is 0.909. The fourth-order valence-electron chi connectivity index (χ4n) is 11.0. The molecule has 5 N–H and O–H groups in total. The largest absolute Gasteiger partial charge is 0.504 e. The first kappa shape index (κ1) is 36.4. The molecule has 3 aromatic carbocycles. The fraction of sp³-hybridized carbons (Fsp3) is 0.452. The number of aromatic amines is 1. The normalized spacial score (nSPS) is 30.8. The number of para-hydroxylation sites is 1. The SMILES string of the molecule is COc1c(C)cc2c(c1O)[C@H]1[C@@H]3[C@@H]4SC[C@]5(N[C@H](CN)Cc6c5[nH]c5ccccc65)C(=O)OC[C@@H](c5c6c(c(C)c(OC(C)=O)c54)OCO6)N3C(C#N)(C2)CN1C. The van der Waals surface area contributed by atoms with E-state index in [0.717, 1.165) is 33.3 Å². The van der Waals surface area contributed by atoms with Gasteiger partial charge in [0.2, 0.25) is 6.79 Å². The van der Waals surface area contributed by atoms with E-state index in [1.807, 2.05) is 45.2 Å². The molecule has 296 valence electrons. The second kappa shape index (κ2) is 12.8. The predicted octanol–water partition coefficient (Wildman–Crippen LogP) is 4.08. The minimum absolute atomic E-state index is 0.0329. The molecule has 2 saturated heterocycles. The minimum Gasteiger partial charge on any atom is -0.504 e. The van der Waals surface area contributed by atoms with Crippen LogP contribution in [0.2, 0.25) is 0 Å². The van der Waals surface area contributed by atoms with Crippen LogP contribution in [0.5, 0.6) is 28.7 Å². The average Bonchev–Trinajstić information content (AvgIpc) is 3.78. The zero-order valence-electron chi connectivity index (χ0n) is 32.4. The van der Waals surface area contributed by atoms with Crippen LogP contribution in [0.1, 0.15) is 68.9 Å². The lowest BCUT2D eigenvalue weighted by Crippen LogP contribution is -2.69. The predicted molar refractivity (Wildman–Crippen MR) is 210 cm³/mol. The maximum Gasteiger partial charge on any atom is 0.333 e. The van der Waals surface area contributed by atoms with Crippen LogP contribution in [0.15, 0.2) is 30.3 Å². The van der Waals surface area contributed by atoms with Crippen molar-refractivity contribution in [2.24, 2.45) is 5.73 Å². The average molecular weight is 793 g/mol. The van der Waals surface area contributed by atoms with Crippen LogP contribution in [-0.2, 0) is 32.7 Å². The molecule has 8 atom stereocenters. The van der Waals surface area contributed by atoms with Crippen molar-refractivity contribution in [2.45, 2.75) is 74.1 Å². The lowest BCUT2D eigenvalue weighted by Gasteiger charge is -2.60. The molecule has 0 saturated carbocycles. The highest BCUT2D eigenvalue weighted by Crippen LogP contribution is 2.65. The molecular weight excluding hydrogens is 749 g/mol. The Morgan fingerprint density at radius 2 is 1.95 bits per heavy atom. The number of thioether (sulfide) groups is 1. The van der Waals surface area contributed by atoms with Gasteiger partial charge in [-0.1, -0.05) is 24.3 Å². The Morgan fingerprint density at radius 3 is 2.70 bits per heavy atom. The molecule has 15 heteroatoms. The van der Waals surface area contributed by atoms with Gasteiger partial charge in [-0.15, -0.1) is 11.8 Å². The standard InChI is InChI=1S/C42H44N6O8S/c1-19-10-22-12-41(15-44)16-47(4)31(28(22)33(50)34(19)52-5)32-38-30-29(37-36(54-18-55-37)20(2)35(30)56-21(3)49)27(48(32)41)14-53-40(51)42(17-57-38)39-25(11-23(13-43)46-42)24-8-6-7-9-26(24)45-39/h6-10,23,27,31-32,38,45-46,50H,11-14,16-18,43H2,1-5H3/t23-,27-,31-,32+,38+,41?,42+/m0/s1.